The summed E-state index contributed by atoms with van der Waals surface area (Å²) in [6.45, 7) is 4.03. The van der Waals surface area contributed by atoms with Crippen molar-refractivity contribution in [2.75, 3.05) is 50.6 Å². The predicted octanol–water partition coefficient (Wildman–Crippen LogP) is 2.02. The van der Waals surface area contributed by atoms with Crippen molar-refractivity contribution in [2.24, 2.45) is 0 Å². The molecule has 6 heteroatoms. The summed E-state index contributed by atoms with van der Waals surface area (Å²) in [4.78, 5) is 21.3. The number of hydrogen-bond acceptors (Lipinski definition) is 5. The maximum absolute atomic E-state index is 12.3. The molecule has 0 saturated carbocycles. The molecule has 0 bridgehead atoms. The van der Waals surface area contributed by atoms with Crippen LogP contribution in [0.4, 0.5) is 11.5 Å². The van der Waals surface area contributed by atoms with Gasteiger partial charge >= 0.3 is 0 Å². The number of hydrogen-bond donors (Lipinski definition) is 1. The van der Waals surface area contributed by atoms with Gasteiger partial charge in [-0.3, -0.25) is 4.79 Å². The van der Waals surface area contributed by atoms with Crippen molar-refractivity contribution in [3.63, 3.8) is 0 Å². The van der Waals surface area contributed by atoms with E-state index in [-0.39, 0.29) is 12.3 Å². The number of amides is 1. The van der Waals surface area contributed by atoms with E-state index in [1.807, 2.05) is 36.4 Å². The maximum Gasteiger partial charge on any atom is 0.228 e. The summed E-state index contributed by atoms with van der Waals surface area (Å²) in [6.07, 6.45) is 1.98. The first kappa shape index (κ1) is 17.2. The third-order valence-electron chi connectivity index (χ3n) is 4.40. The number of nitrogens with one attached hydrogen (secondary N) is 1. The van der Waals surface area contributed by atoms with Crippen LogP contribution in [-0.4, -0.2) is 56.1 Å². The number of benzene rings is 1. The second-order valence-corrected chi connectivity index (χ2v) is 6.23. The van der Waals surface area contributed by atoms with Crippen molar-refractivity contribution < 1.29 is 9.53 Å². The van der Waals surface area contributed by atoms with E-state index in [0.717, 1.165) is 43.3 Å². The van der Waals surface area contributed by atoms with E-state index in [9.17, 15) is 4.79 Å². The van der Waals surface area contributed by atoms with Gasteiger partial charge in [0.05, 0.1) is 25.4 Å². The van der Waals surface area contributed by atoms with Crippen LogP contribution < -0.4 is 15.0 Å². The van der Waals surface area contributed by atoms with Crippen molar-refractivity contribution in [1.29, 1.82) is 0 Å². The van der Waals surface area contributed by atoms with Gasteiger partial charge in [-0.2, -0.15) is 0 Å². The number of likely N-dealkylation sites (N-methyl/N-ethyl adjacent to an activating group) is 1. The highest BCUT2D eigenvalue weighted by Crippen LogP contribution is 2.19. The van der Waals surface area contributed by atoms with Crippen LogP contribution in [0, 0.1) is 0 Å². The van der Waals surface area contributed by atoms with E-state index in [4.69, 9.17) is 4.74 Å². The van der Waals surface area contributed by atoms with Crippen LogP contribution in [0.1, 0.15) is 5.56 Å². The van der Waals surface area contributed by atoms with Crippen molar-refractivity contribution in [2.45, 2.75) is 6.42 Å². The Morgan fingerprint density at radius 2 is 1.92 bits per heavy atom. The molecule has 132 valence electrons. The van der Waals surface area contributed by atoms with Gasteiger partial charge in [-0.15, -0.1) is 0 Å². The Labute approximate surface area is 148 Å². The molecule has 3 rings (SSSR count). The van der Waals surface area contributed by atoms with Gasteiger partial charge in [-0.1, -0.05) is 18.2 Å². The summed E-state index contributed by atoms with van der Waals surface area (Å²) < 4.78 is 5.29. The standard InChI is InChI=1S/C19H24N4O2/c1-22-9-11-23(12-10-22)18-8-7-16(14-20-18)21-19(24)13-15-5-3-4-6-17(15)25-2/h3-8,14H,9-13H2,1-2H3,(H,21,24). The maximum atomic E-state index is 12.3. The van der Waals surface area contributed by atoms with Crippen LogP contribution in [0.5, 0.6) is 5.75 Å². The number of aromatic nitrogens is 1. The topological polar surface area (TPSA) is 57.7 Å². The average Bonchev–Trinajstić information content (AvgIpc) is 2.63. The van der Waals surface area contributed by atoms with Crippen LogP contribution in [0.2, 0.25) is 0 Å². The Kier molecular flexibility index (Phi) is 5.50. The van der Waals surface area contributed by atoms with Gasteiger partial charge in [-0.05, 0) is 25.2 Å². The lowest BCUT2D eigenvalue weighted by atomic mass is 10.1. The Balaban J connectivity index is 1.58. The third-order valence-corrected chi connectivity index (χ3v) is 4.40. The summed E-state index contributed by atoms with van der Waals surface area (Å²) in [5.74, 6) is 1.59. The van der Waals surface area contributed by atoms with Crippen molar-refractivity contribution in [3.05, 3.63) is 48.2 Å². The zero-order valence-corrected chi connectivity index (χ0v) is 14.7. The van der Waals surface area contributed by atoms with Gasteiger partial charge in [-0.25, -0.2) is 4.98 Å². The smallest absolute Gasteiger partial charge is 0.228 e. The normalized spacial score (nSPS) is 15.0. The lowest BCUT2D eigenvalue weighted by molar-refractivity contribution is -0.115. The highest BCUT2D eigenvalue weighted by atomic mass is 16.5. The predicted molar refractivity (Wildman–Crippen MR) is 99.3 cm³/mol. The summed E-state index contributed by atoms with van der Waals surface area (Å²) >= 11 is 0. The molecule has 0 spiro atoms. The number of nitrogens with zero attached hydrogens (tertiary/aromatic N) is 3. The number of carbonyl (C=O) groups is 1. The minimum Gasteiger partial charge on any atom is -0.496 e. The number of para-hydroxylation sites is 1. The summed E-state index contributed by atoms with van der Waals surface area (Å²) in [7, 11) is 3.74. The van der Waals surface area contributed by atoms with E-state index in [1.54, 1.807) is 13.3 Å². The van der Waals surface area contributed by atoms with E-state index in [0.29, 0.717) is 5.69 Å². The lowest BCUT2D eigenvalue weighted by Crippen LogP contribution is -2.44. The first-order chi connectivity index (χ1) is 12.2. The fraction of sp³-hybridized carbons (Fsp3) is 0.368. The van der Waals surface area contributed by atoms with E-state index >= 15 is 0 Å². The SMILES string of the molecule is COc1ccccc1CC(=O)Nc1ccc(N2CCN(C)CC2)nc1. The number of rotatable bonds is 5. The molecule has 1 fully saturated rings. The third kappa shape index (κ3) is 4.48. The Morgan fingerprint density at radius 3 is 2.60 bits per heavy atom. The van der Waals surface area contributed by atoms with E-state index < -0.39 is 0 Å². The molecule has 0 atom stereocenters. The average molecular weight is 340 g/mol. The zero-order chi connectivity index (χ0) is 17.6. The first-order valence-electron chi connectivity index (χ1n) is 8.47. The summed E-state index contributed by atoms with van der Waals surface area (Å²) in [5.41, 5.74) is 1.57. The zero-order valence-electron chi connectivity index (χ0n) is 14.7. The van der Waals surface area contributed by atoms with Gasteiger partial charge in [0, 0.05) is 31.7 Å². The van der Waals surface area contributed by atoms with Crippen LogP contribution in [0.25, 0.3) is 0 Å². The highest BCUT2D eigenvalue weighted by molar-refractivity contribution is 5.92. The van der Waals surface area contributed by atoms with E-state index in [2.05, 4.69) is 27.1 Å². The molecule has 1 aromatic carbocycles. The number of methoxy groups -OCH3 is 1. The number of piperazine rings is 1. The fourth-order valence-electron chi connectivity index (χ4n) is 2.91. The molecule has 2 aromatic rings. The highest BCUT2D eigenvalue weighted by Gasteiger charge is 2.15. The molecular weight excluding hydrogens is 316 g/mol. The molecule has 6 nitrogen and oxygen atoms in total. The molecule has 1 aliphatic heterocycles. The molecule has 25 heavy (non-hydrogen) atoms. The fourth-order valence-corrected chi connectivity index (χ4v) is 2.91. The quantitative estimate of drug-likeness (QED) is 0.902. The molecule has 0 radical (unpaired) electrons. The molecule has 2 heterocycles. The second-order valence-electron chi connectivity index (χ2n) is 6.23. The molecular formula is C19H24N4O2. The van der Waals surface area contributed by atoms with Gasteiger partial charge in [0.25, 0.3) is 0 Å². The van der Waals surface area contributed by atoms with Gasteiger partial charge in [0.1, 0.15) is 11.6 Å². The molecule has 1 aliphatic rings. The number of anilines is 2. The van der Waals surface area contributed by atoms with Gasteiger partial charge < -0.3 is 19.9 Å². The largest absolute Gasteiger partial charge is 0.496 e. The number of pyridine rings is 1. The molecule has 0 unspecified atom stereocenters. The Morgan fingerprint density at radius 1 is 1.16 bits per heavy atom. The van der Waals surface area contributed by atoms with Crippen molar-refractivity contribution >= 4 is 17.4 Å². The van der Waals surface area contributed by atoms with Gasteiger partial charge in [0.15, 0.2) is 0 Å². The van der Waals surface area contributed by atoms with E-state index in [1.165, 1.54) is 0 Å². The van der Waals surface area contributed by atoms with Gasteiger partial charge in [0.2, 0.25) is 5.91 Å². The number of ether oxygens (including phenoxy) is 1. The molecule has 1 saturated heterocycles. The monoisotopic (exact) mass is 340 g/mol. The molecule has 0 aliphatic carbocycles. The summed E-state index contributed by atoms with van der Waals surface area (Å²) in [5, 5.41) is 2.90. The van der Waals surface area contributed by atoms with Crippen LogP contribution in [0.15, 0.2) is 42.6 Å². The Hall–Kier alpha value is -2.60. The Bertz CT molecular complexity index is 710. The van der Waals surface area contributed by atoms with Crippen LogP contribution in [0.3, 0.4) is 0 Å². The minimum absolute atomic E-state index is 0.0846. The second kappa shape index (κ2) is 7.98. The van der Waals surface area contributed by atoms with Crippen molar-refractivity contribution in [3.8, 4) is 5.75 Å². The first-order valence-corrected chi connectivity index (χ1v) is 8.47. The minimum atomic E-state index is -0.0846. The summed E-state index contributed by atoms with van der Waals surface area (Å²) in [6, 6.07) is 11.4. The molecule has 1 N–H and O–H groups in total. The van der Waals surface area contributed by atoms with Crippen molar-refractivity contribution in [1.82, 2.24) is 9.88 Å². The molecule has 1 aromatic heterocycles. The number of carbonyl (C=O) groups excluding carboxylic acids is 1. The lowest BCUT2D eigenvalue weighted by Gasteiger charge is -2.33. The van der Waals surface area contributed by atoms with Crippen LogP contribution >= 0.6 is 0 Å². The molecule has 1 amide bonds. The van der Waals surface area contributed by atoms with Crippen LogP contribution in [-0.2, 0) is 11.2 Å².